The van der Waals surface area contributed by atoms with Crippen LogP contribution in [0.3, 0.4) is 0 Å². The lowest BCUT2D eigenvalue weighted by Crippen LogP contribution is -2.37. The van der Waals surface area contributed by atoms with E-state index in [-0.39, 0.29) is 5.75 Å². The van der Waals surface area contributed by atoms with E-state index in [1.54, 1.807) is 24.3 Å². The molecule has 2 rings (SSSR count). The molecule has 2 atom stereocenters. The van der Waals surface area contributed by atoms with Gasteiger partial charge in [0.05, 0.1) is 17.1 Å². The number of sulfone groups is 1. The Kier molecular flexibility index (Phi) is 4.30. The van der Waals surface area contributed by atoms with E-state index in [0.29, 0.717) is 17.9 Å². The van der Waals surface area contributed by atoms with Gasteiger partial charge in [-0.2, -0.15) is 0 Å². The van der Waals surface area contributed by atoms with Gasteiger partial charge in [-0.15, -0.1) is 0 Å². The predicted octanol–water partition coefficient (Wildman–Crippen LogP) is 2.56. The van der Waals surface area contributed by atoms with E-state index in [1.807, 2.05) is 0 Å². The normalized spacial score (nSPS) is 25.0. The van der Waals surface area contributed by atoms with Gasteiger partial charge in [0.1, 0.15) is 0 Å². The highest BCUT2D eigenvalue weighted by Gasteiger charge is 2.34. The van der Waals surface area contributed by atoms with Crippen LogP contribution in [0.5, 0.6) is 0 Å². The molecule has 0 bridgehead atoms. The van der Waals surface area contributed by atoms with Crippen LogP contribution in [0.2, 0.25) is 5.02 Å². The molecule has 0 aliphatic heterocycles. The average Bonchev–Trinajstić information content (AvgIpc) is 2.32. The van der Waals surface area contributed by atoms with E-state index in [9.17, 15) is 13.5 Å². The van der Waals surface area contributed by atoms with Gasteiger partial charge >= 0.3 is 0 Å². The summed E-state index contributed by atoms with van der Waals surface area (Å²) in [5.74, 6) is -0.0219. The van der Waals surface area contributed by atoms with Crippen molar-refractivity contribution in [2.45, 2.75) is 42.8 Å². The molecule has 0 aromatic heterocycles. The first-order chi connectivity index (χ1) is 8.49. The van der Waals surface area contributed by atoms with E-state index in [1.165, 1.54) is 0 Å². The highest BCUT2D eigenvalue weighted by molar-refractivity contribution is 7.91. The Morgan fingerprint density at radius 3 is 2.39 bits per heavy atom. The Morgan fingerprint density at radius 2 is 1.78 bits per heavy atom. The van der Waals surface area contributed by atoms with E-state index in [2.05, 4.69) is 0 Å². The van der Waals surface area contributed by atoms with Crippen molar-refractivity contribution in [2.75, 3.05) is 0 Å². The van der Waals surface area contributed by atoms with Gasteiger partial charge in [0.15, 0.2) is 9.84 Å². The van der Waals surface area contributed by atoms with Gasteiger partial charge in [-0.3, -0.25) is 0 Å². The maximum absolute atomic E-state index is 12.3. The van der Waals surface area contributed by atoms with Gasteiger partial charge in [-0.05, 0) is 30.5 Å². The number of aliphatic hydroxyl groups is 1. The minimum atomic E-state index is -3.29. The van der Waals surface area contributed by atoms with Crippen LogP contribution in [0.15, 0.2) is 24.3 Å². The molecule has 5 heteroatoms. The molecule has 0 unspecified atom stereocenters. The van der Waals surface area contributed by atoms with Crippen molar-refractivity contribution in [3.05, 3.63) is 34.9 Å². The third kappa shape index (κ3) is 3.25. The zero-order chi connectivity index (χ0) is 13.2. The van der Waals surface area contributed by atoms with Crippen LogP contribution in [0.1, 0.15) is 31.2 Å². The second-order valence-corrected chi connectivity index (χ2v) is 7.48. The number of aliphatic hydroxyl groups excluding tert-OH is 1. The Bertz CT molecular complexity index is 495. The van der Waals surface area contributed by atoms with Gasteiger partial charge in [0.25, 0.3) is 0 Å². The highest BCUT2D eigenvalue weighted by atomic mass is 35.5. The quantitative estimate of drug-likeness (QED) is 0.930. The van der Waals surface area contributed by atoms with Crippen LogP contribution in [0, 0.1) is 0 Å². The average molecular weight is 289 g/mol. The molecule has 1 N–H and O–H groups in total. The topological polar surface area (TPSA) is 54.4 Å². The van der Waals surface area contributed by atoms with Crippen LogP contribution in [-0.4, -0.2) is 24.9 Å². The summed E-state index contributed by atoms with van der Waals surface area (Å²) in [5, 5.41) is 9.81. The second kappa shape index (κ2) is 5.59. The molecular weight excluding hydrogens is 272 g/mol. The summed E-state index contributed by atoms with van der Waals surface area (Å²) in [6, 6.07) is 6.80. The summed E-state index contributed by atoms with van der Waals surface area (Å²) >= 11 is 5.77. The van der Waals surface area contributed by atoms with Crippen LogP contribution in [-0.2, 0) is 15.6 Å². The van der Waals surface area contributed by atoms with Crippen molar-refractivity contribution in [1.82, 2.24) is 0 Å². The maximum Gasteiger partial charge on any atom is 0.159 e. The van der Waals surface area contributed by atoms with Gasteiger partial charge in [-0.1, -0.05) is 36.6 Å². The first-order valence-corrected chi connectivity index (χ1v) is 8.22. The molecule has 0 heterocycles. The lowest BCUT2D eigenvalue weighted by atomic mass is 9.97. The predicted molar refractivity (Wildman–Crippen MR) is 72.3 cm³/mol. The molecule has 1 aromatic carbocycles. The van der Waals surface area contributed by atoms with Gasteiger partial charge < -0.3 is 5.11 Å². The summed E-state index contributed by atoms with van der Waals surface area (Å²) in [4.78, 5) is 0. The molecular formula is C13H17ClO3S. The Hall–Kier alpha value is -0.580. The lowest BCUT2D eigenvalue weighted by molar-refractivity contribution is 0.133. The van der Waals surface area contributed by atoms with Gasteiger partial charge in [0.2, 0.25) is 0 Å². The molecule has 0 radical (unpaired) electrons. The number of hydrogen-bond acceptors (Lipinski definition) is 3. The monoisotopic (exact) mass is 288 g/mol. The number of benzene rings is 1. The van der Waals surface area contributed by atoms with Crippen molar-refractivity contribution in [2.24, 2.45) is 0 Å². The van der Waals surface area contributed by atoms with Crippen LogP contribution in [0.4, 0.5) is 0 Å². The van der Waals surface area contributed by atoms with E-state index in [4.69, 9.17) is 11.6 Å². The highest BCUT2D eigenvalue weighted by Crippen LogP contribution is 2.27. The molecule has 1 aliphatic carbocycles. The largest absolute Gasteiger partial charge is 0.392 e. The molecule has 0 spiro atoms. The standard InChI is InChI=1S/C13H17ClO3S/c14-11-7-5-10(6-8-11)9-18(16,17)13-4-2-1-3-12(13)15/h5-8,12-13,15H,1-4,9H2/t12-,13-/m0/s1. The summed E-state index contributed by atoms with van der Waals surface area (Å²) in [7, 11) is -3.29. The number of rotatable bonds is 3. The number of halogens is 1. The third-order valence-corrected chi connectivity index (χ3v) is 5.87. The van der Waals surface area contributed by atoms with E-state index >= 15 is 0 Å². The molecule has 1 aromatic rings. The molecule has 0 amide bonds. The SMILES string of the molecule is O=S(=O)(Cc1ccc(Cl)cc1)[C@H]1CCCC[C@@H]1O. The van der Waals surface area contributed by atoms with Crippen molar-refractivity contribution in [3.63, 3.8) is 0 Å². The first-order valence-electron chi connectivity index (χ1n) is 6.13. The minimum absolute atomic E-state index is 0.0219. The molecule has 18 heavy (non-hydrogen) atoms. The van der Waals surface area contributed by atoms with Crippen molar-refractivity contribution >= 4 is 21.4 Å². The zero-order valence-corrected chi connectivity index (χ0v) is 11.6. The minimum Gasteiger partial charge on any atom is -0.392 e. The second-order valence-electron chi connectivity index (χ2n) is 4.82. The fraction of sp³-hybridized carbons (Fsp3) is 0.538. The summed E-state index contributed by atoms with van der Waals surface area (Å²) in [5.41, 5.74) is 0.720. The third-order valence-electron chi connectivity index (χ3n) is 3.41. The fourth-order valence-electron chi connectivity index (χ4n) is 2.42. The van der Waals surface area contributed by atoms with Gasteiger partial charge in [0, 0.05) is 5.02 Å². The maximum atomic E-state index is 12.3. The number of hydrogen-bond donors (Lipinski definition) is 1. The van der Waals surface area contributed by atoms with E-state index in [0.717, 1.165) is 18.4 Å². The van der Waals surface area contributed by atoms with Crippen LogP contribution >= 0.6 is 11.6 Å². The molecule has 3 nitrogen and oxygen atoms in total. The van der Waals surface area contributed by atoms with E-state index < -0.39 is 21.2 Å². The van der Waals surface area contributed by atoms with Crippen molar-refractivity contribution < 1.29 is 13.5 Å². The Morgan fingerprint density at radius 1 is 1.17 bits per heavy atom. The van der Waals surface area contributed by atoms with Crippen LogP contribution < -0.4 is 0 Å². The zero-order valence-electron chi connectivity index (χ0n) is 10.0. The molecule has 100 valence electrons. The summed E-state index contributed by atoms with van der Waals surface area (Å²) < 4.78 is 24.5. The smallest absolute Gasteiger partial charge is 0.159 e. The summed E-state index contributed by atoms with van der Waals surface area (Å²) in [6.45, 7) is 0. The molecule has 1 fully saturated rings. The Balaban J connectivity index is 2.13. The van der Waals surface area contributed by atoms with Gasteiger partial charge in [-0.25, -0.2) is 8.42 Å². The lowest BCUT2D eigenvalue weighted by Gasteiger charge is -2.27. The van der Waals surface area contributed by atoms with Crippen molar-refractivity contribution in [3.8, 4) is 0 Å². The van der Waals surface area contributed by atoms with Crippen molar-refractivity contribution in [1.29, 1.82) is 0 Å². The van der Waals surface area contributed by atoms with Crippen LogP contribution in [0.25, 0.3) is 0 Å². The molecule has 1 saturated carbocycles. The molecule has 1 aliphatic rings. The fourth-order valence-corrected chi connectivity index (χ4v) is 4.55. The molecule has 0 saturated heterocycles. The Labute approximate surface area is 113 Å². The first kappa shape index (κ1) is 13.8. The summed E-state index contributed by atoms with van der Waals surface area (Å²) in [6.07, 6.45) is 2.23.